The average Bonchev–Trinajstić information content (AvgIpc) is 2.82. The second-order valence-corrected chi connectivity index (χ2v) is 7.24. The van der Waals surface area contributed by atoms with E-state index in [1.807, 2.05) is 12.1 Å². The van der Waals surface area contributed by atoms with E-state index in [9.17, 15) is 4.39 Å². The molecule has 4 aromatic rings. The maximum absolute atomic E-state index is 15.1. The maximum Gasteiger partial charge on any atom is 0.159 e. The van der Waals surface area contributed by atoms with E-state index in [0.29, 0.717) is 47.5 Å². The third-order valence-corrected chi connectivity index (χ3v) is 5.13. The van der Waals surface area contributed by atoms with Crippen molar-refractivity contribution in [2.24, 2.45) is 0 Å². The molecule has 0 spiro atoms. The Kier molecular flexibility index (Phi) is 6.18. The predicted molar refractivity (Wildman–Crippen MR) is 119 cm³/mol. The molecular weight excluding hydrogens is 408 g/mol. The van der Waals surface area contributed by atoms with Crippen molar-refractivity contribution in [1.29, 1.82) is 5.26 Å². The number of rotatable bonds is 7. The van der Waals surface area contributed by atoms with Gasteiger partial charge >= 0.3 is 0 Å². The molecular formula is C26H19F2N3O. The highest BCUT2D eigenvalue weighted by atomic mass is 19.1. The van der Waals surface area contributed by atoms with Crippen LogP contribution in [0.25, 0.3) is 22.2 Å². The van der Waals surface area contributed by atoms with Crippen LogP contribution in [0.3, 0.4) is 0 Å². The summed E-state index contributed by atoms with van der Waals surface area (Å²) in [6.07, 6.45) is 5.71. The van der Waals surface area contributed by atoms with Crippen molar-refractivity contribution in [2.75, 3.05) is 6.61 Å². The Balaban J connectivity index is 1.54. The fourth-order valence-corrected chi connectivity index (χ4v) is 3.45. The van der Waals surface area contributed by atoms with Gasteiger partial charge in [-0.3, -0.25) is 0 Å². The van der Waals surface area contributed by atoms with Gasteiger partial charge in [0.25, 0.3) is 0 Å². The van der Waals surface area contributed by atoms with Gasteiger partial charge < -0.3 is 4.74 Å². The molecule has 158 valence electrons. The molecule has 0 saturated carbocycles. The first-order valence-electron chi connectivity index (χ1n) is 10.0. The van der Waals surface area contributed by atoms with Crippen LogP contribution in [-0.2, 0) is 12.8 Å². The molecule has 0 aliphatic rings. The standard InChI is InChI=1S/C26H19F2N3O/c1-2-11-32-22-15-30-26(31-16-22)20-9-10-23-19(13-20)8-7-18(25(23)28)5-3-17-4-6-21(14-29)24(27)12-17/h2,4,6-10,12-13,15-16H,1,3,5,11H2. The molecule has 6 heteroatoms. The second-order valence-electron chi connectivity index (χ2n) is 7.24. The van der Waals surface area contributed by atoms with Crippen molar-refractivity contribution in [2.45, 2.75) is 12.8 Å². The van der Waals surface area contributed by atoms with Crippen molar-refractivity contribution >= 4 is 10.8 Å². The normalized spacial score (nSPS) is 10.7. The van der Waals surface area contributed by atoms with Crippen molar-refractivity contribution in [3.05, 3.63) is 102 Å². The number of nitrogens with zero attached hydrogens (tertiary/aromatic N) is 3. The zero-order valence-corrected chi connectivity index (χ0v) is 17.2. The minimum absolute atomic E-state index is 0.00403. The van der Waals surface area contributed by atoms with Gasteiger partial charge in [-0.05, 0) is 47.6 Å². The number of hydrogen-bond donors (Lipinski definition) is 0. The van der Waals surface area contributed by atoms with Crippen LogP contribution in [0.1, 0.15) is 16.7 Å². The topological polar surface area (TPSA) is 58.8 Å². The predicted octanol–water partition coefficient (Wildman–Crippen LogP) is 5.80. The summed E-state index contributed by atoms with van der Waals surface area (Å²) in [6, 6.07) is 15.2. The number of aromatic nitrogens is 2. The number of hydrogen-bond acceptors (Lipinski definition) is 4. The van der Waals surface area contributed by atoms with E-state index < -0.39 is 5.82 Å². The van der Waals surface area contributed by atoms with Gasteiger partial charge in [-0.2, -0.15) is 5.26 Å². The molecule has 0 bridgehead atoms. The Morgan fingerprint density at radius 1 is 1.00 bits per heavy atom. The lowest BCUT2D eigenvalue weighted by Gasteiger charge is -2.09. The van der Waals surface area contributed by atoms with Crippen LogP contribution >= 0.6 is 0 Å². The monoisotopic (exact) mass is 427 g/mol. The molecule has 0 saturated heterocycles. The van der Waals surface area contributed by atoms with E-state index >= 15 is 4.39 Å². The average molecular weight is 427 g/mol. The highest BCUT2D eigenvalue weighted by Crippen LogP contribution is 2.27. The van der Waals surface area contributed by atoms with Crippen molar-refractivity contribution in [3.63, 3.8) is 0 Å². The SMILES string of the molecule is C=CCOc1cnc(-c2ccc3c(F)c(CCc4ccc(C#N)c(F)c4)ccc3c2)nc1. The summed E-state index contributed by atoms with van der Waals surface area (Å²) in [5.74, 6) is 0.216. The molecule has 0 aliphatic carbocycles. The van der Waals surface area contributed by atoms with Crippen LogP contribution in [0.5, 0.6) is 5.75 Å². The molecule has 0 radical (unpaired) electrons. The van der Waals surface area contributed by atoms with Crippen LogP contribution in [0, 0.1) is 23.0 Å². The van der Waals surface area contributed by atoms with Crippen LogP contribution in [0.15, 0.2) is 73.6 Å². The molecule has 3 aromatic carbocycles. The molecule has 0 fully saturated rings. The largest absolute Gasteiger partial charge is 0.486 e. The summed E-state index contributed by atoms with van der Waals surface area (Å²) in [7, 11) is 0. The van der Waals surface area contributed by atoms with E-state index in [4.69, 9.17) is 10.00 Å². The summed E-state index contributed by atoms with van der Waals surface area (Å²) < 4.78 is 34.3. The van der Waals surface area contributed by atoms with Crippen LogP contribution in [0.4, 0.5) is 8.78 Å². The van der Waals surface area contributed by atoms with Crippen molar-refractivity contribution in [3.8, 4) is 23.2 Å². The van der Waals surface area contributed by atoms with E-state index in [0.717, 1.165) is 10.9 Å². The van der Waals surface area contributed by atoms with Crippen molar-refractivity contribution < 1.29 is 13.5 Å². The quantitative estimate of drug-likeness (QED) is 0.350. The van der Waals surface area contributed by atoms with Gasteiger partial charge in [0.1, 0.15) is 24.3 Å². The molecule has 0 unspecified atom stereocenters. The van der Waals surface area contributed by atoms with Crippen LogP contribution < -0.4 is 4.74 Å². The van der Waals surface area contributed by atoms with Gasteiger partial charge in [0.2, 0.25) is 0 Å². The Morgan fingerprint density at radius 3 is 2.53 bits per heavy atom. The highest BCUT2D eigenvalue weighted by Gasteiger charge is 2.11. The lowest BCUT2D eigenvalue weighted by molar-refractivity contribution is 0.360. The molecule has 32 heavy (non-hydrogen) atoms. The number of aryl methyl sites for hydroxylation is 2. The van der Waals surface area contributed by atoms with Gasteiger partial charge in [-0.1, -0.05) is 43.0 Å². The van der Waals surface area contributed by atoms with Gasteiger partial charge in [0.15, 0.2) is 11.6 Å². The summed E-state index contributed by atoms with van der Waals surface area (Å²) >= 11 is 0. The third kappa shape index (κ3) is 4.47. The van der Waals surface area contributed by atoms with Crippen molar-refractivity contribution in [1.82, 2.24) is 9.97 Å². The third-order valence-electron chi connectivity index (χ3n) is 5.13. The lowest BCUT2D eigenvalue weighted by Crippen LogP contribution is -1.98. The molecule has 0 aliphatic heterocycles. The molecule has 4 nitrogen and oxygen atoms in total. The zero-order chi connectivity index (χ0) is 22.5. The number of benzene rings is 3. The van der Waals surface area contributed by atoms with Gasteiger partial charge in [0, 0.05) is 10.9 Å². The Hall–Kier alpha value is -4.11. The minimum atomic E-state index is -0.556. The van der Waals surface area contributed by atoms with Crippen LogP contribution in [0.2, 0.25) is 0 Å². The number of fused-ring (bicyclic) bond motifs is 1. The van der Waals surface area contributed by atoms with Gasteiger partial charge in [0.05, 0.1) is 18.0 Å². The van der Waals surface area contributed by atoms with E-state index in [1.165, 1.54) is 12.1 Å². The van der Waals surface area contributed by atoms with E-state index in [-0.39, 0.29) is 11.4 Å². The Morgan fingerprint density at radius 2 is 1.81 bits per heavy atom. The summed E-state index contributed by atoms with van der Waals surface area (Å²) in [5, 5.41) is 10.1. The van der Waals surface area contributed by atoms with Gasteiger partial charge in [-0.15, -0.1) is 0 Å². The summed E-state index contributed by atoms with van der Waals surface area (Å²) in [6.45, 7) is 3.97. The number of nitriles is 1. The fourth-order valence-electron chi connectivity index (χ4n) is 3.45. The fraction of sp³-hybridized carbons (Fsp3) is 0.115. The van der Waals surface area contributed by atoms with E-state index in [2.05, 4.69) is 16.5 Å². The first-order valence-corrected chi connectivity index (χ1v) is 10.0. The summed E-state index contributed by atoms with van der Waals surface area (Å²) in [4.78, 5) is 8.63. The zero-order valence-electron chi connectivity index (χ0n) is 17.2. The first kappa shape index (κ1) is 21.1. The highest BCUT2D eigenvalue weighted by molar-refractivity contribution is 5.87. The smallest absolute Gasteiger partial charge is 0.159 e. The molecule has 1 aromatic heterocycles. The molecule has 0 N–H and O–H groups in total. The maximum atomic E-state index is 15.1. The minimum Gasteiger partial charge on any atom is -0.486 e. The Labute approximate surface area is 184 Å². The van der Waals surface area contributed by atoms with E-state index in [1.54, 1.807) is 48.8 Å². The Bertz CT molecular complexity index is 1330. The lowest BCUT2D eigenvalue weighted by atomic mass is 9.98. The van der Waals surface area contributed by atoms with Crippen LogP contribution in [-0.4, -0.2) is 16.6 Å². The summed E-state index contributed by atoms with van der Waals surface area (Å²) in [5.41, 5.74) is 2.04. The first-order chi connectivity index (χ1) is 15.6. The molecule has 1 heterocycles. The molecule has 4 rings (SSSR count). The number of ether oxygens (including phenoxy) is 1. The second kappa shape index (κ2) is 9.36. The number of halogens is 2. The molecule has 0 amide bonds. The molecule has 0 atom stereocenters. The van der Waals surface area contributed by atoms with Gasteiger partial charge in [-0.25, -0.2) is 18.7 Å².